The number of fused-ring (bicyclic) bond motifs is 1. The van der Waals surface area contributed by atoms with E-state index in [1.165, 1.54) is 10.8 Å². The predicted molar refractivity (Wildman–Crippen MR) is 86.6 cm³/mol. The minimum absolute atomic E-state index is 0.410. The van der Waals surface area contributed by atoms with Gasteiger partial charge in [0, 0.05) is 18.5 Å². The number of hydrogen-bond acceptors (Lipinski definition) is 4. The molecule has 4 heteroatoms. The molecule has 3 rings (SSSR count). The van der Waals surface area contributed by atoms with Crippen molar-refractivity contribution in [2.75, 3.05) is 11.4 Å². The summed E-state index contributed by atoms with van der Waals surface area (Å²) in [6.45, 7) is 3.35. The van der Waals surface area contributed by atoms with Gasteiger partial charge in [-0.3, -0.25) is 0 Å². The van der Waals surface area contributed by atoms with E-state index in [0.29, 0.717) is 6.54 Å². The van der Waals surface area contributed by atoms with Gasteiger partial charge in [0.1, 0.15) is 0 Å². The number of nitrogens with zero attached hydrogens (tertiary/aromatic N) is 3. The molecule has 0 saturated heterocycles. The van der Waals surface area contributed by atoms with Crippen LogP contribution in [0.15, 0.2) is 54.6 Å². The second-order valence-corrected chi connectivity index (χ2v) is 4.83. The third-order valence-corrected chi connectivity index (χ3v) is 3.57. The summed E-state index contributed by atoms with van der Waals surface area (Å²) < 4.78 is 0. The van der Waals surface area contributed by atoms with E-state index in [-0.39, 0.29) is 0 Å². The van der Waals surface area contributed by atoms with Gasteiger partial charge >= 0.3 is 0 Å². The smallest absolute Gasteiger partial charge is 0.155 e. The SMILES string of the molecule is CCN(c1ccc(CN)nn1)c1cccc2ccccc12. The van der Waals surface area contributed by atoms with Crippen LogP contribution in [0, 0.1) is 0 Å². The maximum atomic E-state index is 5.58. The summed E-state index contributed by atoms with van der Waals surface area (Å²) in [5.41, 5.74) is 7.52. The Labute approximate surface area is 124 Å². The minimum atomic E-state index is 0.410. The molecule has 0 unspecified atom stereocenters. The molecule has 0 aliphatic carbocycles. The Bertz CT molecular complexity index is 732. The molecule has 0 aliphatic heterocycles. The fourth-order valence-corrected chi connectivity index (χ4v) is 2.51. The van der Waals surface area contributed by atoms with Crippen molar-refractivity contribution in [1.82, 2.24) is 10.2 Å². The number of aromatic nitrogens is 2. The number of nitrogens with two attached hydrogens (primary N) is 1. The van der Waals surface area contributed by atoms with Gasteiger partial charge in [0.05, 0.1) is 11.4 Å². The highest BCUT2D eigenvalue weighted by molar-refractivity contribution is 5.95. The monoisotopic (exact) mass is 278 g/mol. The van der Waals surface area contributed by atoms with E-state index in [1.54, 1.807) is 0 Å². The Morgan fingerprint density at radius 1 is 0.952 bits per heavy atom. The first-order valence-electron chi connectivity index (χ1n) is 7.11. The van der Waals surface area contributed by atoms with Crippen molar-refractivity contribution in [3.8, 4) is 0 Å². The zero-order chi connectivity index (χ0) is 14.7. The number of rotatable bonds is 4. The van der Waals surface area contributed by atoms with E-state index < -0.39 is 0 Å². The van der Waals surface area contributed by atoms with Crippen molar-refractivity contribution in [3.63, 3.8) is 0 Å². The zero-order valence-electron chi connectivity index (χ0n) is 12.0. The highest BCUT2D eigenvalue weighted by Crippen LogP contribution is 2.30. The molecule has 4 nitrogen and oxygen atoms in total. The third kappa shape index (κ3) is 2.58. The number of anilines is 2. The molecule has 0 amide bonds. The quantitative estimate of drug-likeness (QED) is 0.796. The zero-order valence-corrected chi connectivity index (χ0v) is 12.0. The van der Waals surface area contributed by atoms with Crippen LogP contribution in [-0.2, 0) is 6.54 Å². The molecule has 106 valence electrons. The van der Waals surface area contributed by atoms with E-state index in [2.05, 4.69) is 64.5 Å². The van der Waals surface area contributed by atoms with Gasteiger partial charge in [0.15, 0.2) is 5.82 Å². The molecule has 2 N–H and O–H groups in total. The molecule has 0 aliphatic rings. The molecule has 1 heterocycles. The van der Waals surface area contributed by atoms with Crippen LogP contribution in [0.5, 0.6) is 0 Å². The van der Waals surface area contributed by atoms with Crippen LogP contribution in [0.4, 0.5) is 11.5 Å². The third-order valence-electron chi connectivity index (χ3n) is 3.57. The molecule has 0 bridgehead atoms. The first-order chi connectivity index (χ1) is 10.3. The summed E-state index contributed by atoms with van der Waals surface area (Å²) in [6, 6.07) is 18.6. The molecule has 21 heavy (non-hydrogen) atoms. The molecule has 2 aromatic carbocycles. The molecule has 0 radical (unpaired) electrons. The topological polar surface area (TPSA) is 55.0 Å². The standard InChI is InChI=1S/C17H18N4/c1-2-21(17-11-10-14(12-18)19-20-17)16-9-5-7-13-6-3-4-8-15(13)16/h3-11H,2,12,18H2,1H3. The van der Waals surface area contributed by atoms with Gasteiger partial charge in [-0.05, 0) is 30.5 Å². The summed E-state index contributed by atoms with van der Waals surface area (Å²) in [5.74, 6) is 0.839. The van der Waals surface area contributed by atoms with Crippen molar-refractivity contribution in [1.29, 1.82) is 0 Å². The first-order valence-corrected chi connectivity index (χ1v) is 7.11. The lowest BCUT2D eigenvalue weighted by Crippen LogP contribution is -2.18. The second-order valence-electron chi connectivity index (χ2n) is 4.83. The van der Waals surface area contributed by atoms with E-state index in [4.69, 9.17) is 5.73 Å². The van der Waals surface area contributed by atoms with Gasteiger partial charge in [-0.1, -0.05) is 36.4 Å². The maximum absolute atomic E-state index is 5.58. The predicted octanol–water partition coefficient (Wildman–Crippen LogP) is 3.25. The molecular weight excluding hydrogens is 260 g/mol. The summed E-state index contributed by atoms with van der Waals surface area (Å²) in [5, 5.41) is 10.9. The van der Waals surface area contributed by atoms with Gasteiger partial charge in [0.25, 0.3) is 0 Å². The van der Waals surface area contributed by atoms with E-state index in [0.717, 1.165) is 23.7 Å². The van der Waals surface area contributed by atoms with Crippen LogP contribution < -0.4 is 10.6 Å². The van der Waals surface area contributed by atoms with E-state index in [9.17, 15) is 0 Å². The van der Waals surface area contributed by atoms with Gasteiger partial charge in [-0.2, -0.15) is 5.10 Å². The van der Waals surface area contributed by atoms with Gasteiger partial charge < -0.3 is 10.6 Å². The number of hydrogen-bond donors (Lipinski definition) is 1. The lowest BCUT2D eigenvalue weighted by atomic mass is 10.1. The summed E-state index contributed by atoms with van der Waals surface area (Å²) in [7, 11) is 0. The van der Waals surface area contributed by atoms with Crippen LogP contribution in [0.1, 0.15) is 12.6 Å². The summed E-state index contributed by atoms with van der Waals surface area (Å²) in [6.07, 6.45) is 0. The van der Waals surface area contributed by atoms with Gasteiger partial charge in [-0.25, -0.2) is 0 Å². The normalized spacial score (nSPS) is 10.8. The number of benzene rings is 2. The lowest BCUT2D eigenvalue weighted by molar-refractivity contribution is 0.871. The summed E-state index contributed by atoms with van der Waals surface area (Å²) in [4.78, 5) is 2.16. The van der Waals surface area contributed by atoms with Crippen molar-refractivity contribution >= 4 is 22.3 Å². The molecule has 3 aromatic rings. The molecular formula is C17H18N4. The molecule has 0 saturated carbocycles. The van der Waals surface area contributed by atoms with Crippen LogP contribution >= 0.6 is 0 Å². The average molecular weight is 278 g/mol. The Kier molecular flexibility index (Phi) is 3.79. The van der Waals surface area contributed by atoms with E-state index in [1.807, 2.05) is 12.1 Å². The average Bonchev–Trinajstić information content (AvgIpc) is 2.56. The summed E-state index contributed by atoms with van der Waals surface area (Å²) >= 11 is 0. The maximum Gasteiger partial charge on any atom is 0.155 e. The second kappa shape index (κ2) is 5.89. The highest BCUT2D eigenvalue weighted by atomic mass is 15.3. The van der Waals surface area contributed by atoms with Gasteiger partial charge in [-0.15, -0.1) is 5.10 Å². The fraction of sp³-hybridized carbons (Fsp3) is 0.176. The molecule has 0 fully saturated rings. The van der Waals surface area contributed by atoms with E-state index >= 15 is 0 Å². The minimum Gasteiger partial charge on any atom is -0.325 e. The molecule has 1 aromatic heterocycles. The van der Waals surface area contributed by atoms with Crippen LogP contribution in [0.25, 0.3) is 10.8 Å². The van der Waals surface area contributed by atoms with Crippen molar-refractivity contribution in [2.45, 2.75) is 13.5 Å². The van der Waals surface area contributed by atoms with Gasteiger partial charge in [0.2, 0.25) is 0 Å². The highest BCUT2D eigenvalue weighted by Gasteiger charge is 2.12. The van der Waals surface area contributed by atoms with Crippen LogP contribution in [-0.4, -0.2) is 16.7 Å². The van der Waals surface area contributed by atoms with Crippen molar-refractivity contribution < 1.29 is 0 Å². The van der Waals surface area contributed by atoms with Crippen LogP contribution in [0.2, 0.25) is 0 Å². The van der Waals surface area contributed by atoms with Crippen molar-refractivity contribution in [2.24, 2.45) is 5.73 Å². The Balaban J connectivity index is 2.09. The largest absolute Gasteiger partial charge is 0.325 e. The molecule has 0 atom stereocenters. The Morgan fingerprint density at radius 3 is 2.48 bits per heavy atom. The first kappa shape index (κ1) is 13.5. The van der Waals surface area contributed by atoms with Crippen LogP contribution in [0.3, 0.4) is 0 Å². The Hall–Kier alpha value is -2.46. The lowest BCUT2D eigenvalue weighted by Gasteiger charge is -2.23. The van der Waals surface area contributed by atoms with Crippen molar-refractivity contribution in [3.05, 3.63) is 60.3 Å². The fourth-order valence-electron chi connectivity index (χ4n) is 2.51. The molecule has 0 spiro atoms. The Morgan fingerprint density at radius 2 is 1.76 bits per heavy atom.